The number of anilines is 1. The SMILES string of the molecule is C=S1CCCN(c2c(C#N)c(=O)n(C)c3sc(C)nc23)CC1. The van der Waals surface area contributed by atoms with Gasteiger partial charge in [-0.05, 0) is 19.1 Å². The van der Waals surface area contributed by atoms with Gasteiger partial charge in [0.2, 0.25) is 0 Å². The van der Waals surface area contributed by atoms with E-state index in [1.165, 1.54) is 11.3 Å². The van der Waals surface area contributed by atoms with Gasteiger partial charge in [0, 0.05) is 25.9 Å². The highest BCUT2D eigenvalue weighted by atomic mass is 32.2. The molecule has 2 aromatic heterocycles. The van der Waals surface area contributed by atoms with E-state index in [0.29, 0.717) is 0 Å². The summed E-state index contributed by atoms with van der Waals surface area (Å²) < 4.78 is 1.55. The van der Waals surface area contributed by atoms with Gasteiger partial charge < -0.3 is 9.47 Å². The third-order valence-electron chi connectivity index (χ3n) is 3.94. The molecule has 0 saturated carbocycles. The Balaban J connectivity index is 2.27. The predicted octanol–water partition coefficient (Wildman–Crippen LogP) is 2.09. The molecule has 0 aromatic carbocycles. The second kappa shape index (κ2) is 5.86. The van der Waals surface area contributed by atoms with Crippen molar-refractivity contribution < 1.29 is 0 Å². The summed E-state index contributed by atoms with van der Waals surface area (Å²) in [7, 11) is 1.89. The average Bonchev–Trinajstić information content (AvgIpc) is 2.75. The Kier molecular flexibility index (Phi) is 4.06. The number of aromatic nitrogens is 2. The fourth-order valence-corrected chi connectivity index (χ4v) is 4.92. The summed E-state index contributed by atoms with van der Waals surface area (Å²) in [6.45, 7) is 3.62. The van der Waals surface area contributed by atoms with Crippen molar-refractivity contribution in [1.29, 1.82) is 5.26 Å². The van der Waals surface area contributed by atoms with Crippen molar-refractivity contribution in [1.82, 2.24) is 9.55 Å². The topological polar surface area (TPSA) is 61.9 Å². The fourth-order valence-electron chi connectivity index (χ4n) is 2.82. The number of hydrogen-bond donors (Lipinski definition) is 0. The minimum atomic E-state index is -0.230. The molecule has 22 heavy (non-hydrogen) atoms. The van der Waals surface area contributed by atoms with Gasteiger partial charge >= 0.3 is 0 Å². The molecule has 7 heteroatoms. The Morgan fingerprint density at radius 2 is 2.18 bits per heavy atom. The van der Waals surface area contributed by atoms with Crippen LogP contribution in [-0.4, -0.2) is 40.0 Å². The maximum Gasteiger partial charge on any atom is 0.271 e. The molecule has 1 saturated heterocycles. The summed E-state index contributed by atoms with van der Waals surface area (Å²) in [5.41, 5.74) is 1.49. The van der Waals surface area contributed by atoms with Gasteiger partial charge in [-0.25, -0.2) is 4.98 Å². The lowest BCUT2D eigenvalue weighted by molar-refractivity contribution is 0.810. The molecule has 0 radical (unpaired) electrons. The van der Waals surface area contributed by atoms with Gasteiger partial charge in [0.15, 0.2) is 0 Å². The molecule has 1 fully saturated rings. The van der Waals surface area contributed by atoms with E-state index in [9.17, 15) is 10.1 Å². The second-order valence-corrected chi connectivity index (χ2v) is 8.67. The highest BCUT2D eigenvalue weighted by Crippen LogP contribution is 2.32. The maximum atomic E-state index is 12.5. The van der Waals surface area contributed by atoms with Crippen molar-refractivity contribution in [3.8, 4) is 6.07 Å². The zero-order valence-corrected chi connectivity index (χ0v) is 14.4. The molecular weight excluding hydrogens is 316 g/mol. The van der Waals surface area contributed by atoms with Crippen LogP contribution in [0.4, 0.5) is 5.69 Å². The van der Waals surface area contributed by atoms with Crippen LogP contribution in [0.3, 0.4) is 0 Å². The Bertz CT molecular complexity index is 859. The molecule has 0 N–H and O–H groups in total. The van der Waals surface area contributed by atoms with Crippen molar-refractivity contribution in [2.75, 3.05) is 29.5 Å². The van der Waals surface area contributed by atoms with Crippen LogP contribution in [0.2, 0.25) is 0 Å². The first-order valence-electron chi connectivity index (χ1n) is 7.15. The first kappa shape index (κ1) is 15.3. The Labute approximate surface area is 135 Å². The molecule has 3 rings (SSSR count). The van der Waals surface area contributed by atoms with Gasteiger partial charge in [0.05, 0.1) is 10.7 Å². The molecule has 1 aliphatic rings. The van der Waals surface area contributed by atoms with Crippen molar-refractivity contribution >= 4 is 43.7 Å². The van der Waals surface area contributed by atoms with E-state index in [4.69, 9.17) is 0 Å². The highest BCUT2D eigenvalue weighted by Gasteiger charge is 2.23. The highest BCUT2D eigenvalue weighted by molar-refractivity contribution is 8.14. The van der Waals surface area contributed by atoms with Gasteiger partial charge in [-0.1, -0.05) is 5.87 Å². The van der Waals surface area contributed by atoms with E-state index in [1.807, 2.05) is 6.92 Å². The van der Waals surface area contributed by atoms with Crippen LogP contribution in [0, 0.1) is 18.3 Å². The summed E-state index contributed by atoms with van der Waals surface area (Å²) in [6.07, 6.45) is 1.04. The summed E-state index contributed by atoms with van der Waals surface area (Å²) in [4.78, 5) is 20.1. The van der Waals surface area contributed by atoms with E-state index >= 15 is 0 Å². The van der Waals surface area contributed by atoms with Crippen LogP contribution in [0.5, 0.6) is 0 Å². The first-order chi connectivity index (χ1) is 10.5. The quantitative estimate of drug-likeness (QED) is 0.749. The van der Waals surface area contributed by atoms with Crippen molar-refractivity contribution in [3.63, 3.8) is 0 Å². The summed E-state index contributed by atoms with van der Waals surface area (Å²) in [5, 5.41) is 10.4. The average molecular weight is 334 g/mol. The van der Waals surface area contributed by atoms with Gasteiger partial charge in [0.1, 0.15) is 22.0 Å². The fraction of sp³-hybridized carbons (Fsp3) is 0.467. The molecule has 1 atom stereocenters. The summed E-state index contributed by atoms with van der Waals surface area (Å²) in [6, 6.07) is 2.11. The Morgan fingerprint density at radius 3 is 2.91 bits per heavy atom. The summed E-state index contributed by atoms with van der Waals surface area (Å²) >= 11 is 1.50. The van der Waals surface area contributed by atoms with Crippen molar-refractivity contribution in [2.24, 2.45) is 7.05 Å². The smallest absolute Gasteiger partial charge is 0.271 e. The first-order valence-corrected chi connectivity index (χ1v) is 9.70. The molecule has 2 aromatic rings. The molecule has 116 valence electrons. The minimum Gasteiger partial charge on any atom is -0.368 e. The predicted molar refractivity (Wildman–Crippen MR) is 95.6 cm³/mol. The lowest BCUT2D eigenvalue weighted by Crippen LogP contribution is -2.31. The van der Waals surface area contributed by atoms with E-state index in [1.54, 1.807) is 11.6 Å². The molecule has 3 heterocycles. The van der Waals surface area contributed by atoms with Crippen molar-refractivity contribution in [2.45, 2.75) is 13.3 Å². The van der Waals surface area contributed by atoms with E-state index in [2.05, 4.69) is 21.8 Å². The van der Waals surface area contributed by atoms with Gasteiger partial charge in [-0.3, -0.25) is 4.79 Å². The van der Waals surface area contributed by atoms with Gasteiger partial charge in [-0.15, -0.1) is 11.3 Å². The molecule has 0 spiro atoms. The third kappa shape index (κ3) is 2.46. The Morgan fingerprint density at radius 1 is 1.41 bits per heavy atom. The number of aryl methyl sites for hydroxylation is 2. The minimum absolute atomic E-state index is 0.175. The number of hydrogen-bond acceptors (Lipinski definition) is 5. The number of nitriles is 1. The van der Waals surface area contributed by atoms with Crippen LogP contribution >= 0.6 is 21.8 Å². The third-order valence-corrected chi connectivity index (χ3v) is 6.61. The molecule has 0 aliphatic carbocycles. The normalized spacial score (nSPS) is 19.1. The molecule has 1 aliphatic heterocycles. The van der Waals surface area contributed by atoms with Crippen LogP contribution in [0.25, 0.3) is 10.3 Å². The standard InChI is InChI=1S/C15H18N4OS2/c1-10-17-12-13(19-5-4-7-22(3)8-6-19)11(9-16)14(20)18(2)15(12)21-10/h3-8H2,1-2H3. The second-order valence-electron chi connectivity index (χ2n) is 5.45. The van der Waals surface area contributed by atoms with Gasteiger partial charge in [0.25, 0.3) is 5.56 Å². The lowest BCUT2D eigenvalue weighted by Gasteiger charge is -2.24. The molecule has 1 unspecified atom stereocenters. The van der Waals surface area contributed by atoms with Crippen LogP contribution in [0.1, 0.15) is 17.0 Å². The van der Waals surface area contributed by atoms with Crippen molar-refractivity contribution in [3.05, 3.63) is 20.9 Å². The monoisotopic (exact) mass is 334 g/mol. The number of rotatable bonds is 1. The largest absolute Gasteiger partial charge is 0.368 e. The molecule has 5 nitrogen and oxygen atoms in total. The van der Waals surface area contributed by atoms with Crippen LogP contribution in [-0.2, 0) is 7.05 Å². The number of thiazole rings is 1. The molecular formula is C15H18N4OS2. The lowest BCUT2D eigenvalue weighted by atomic mass is 10.2. The molecule has 0 amide bonds. The van der Waals surface area contributed by atoms with Gasteiger partial charge in [-0.2, -0.15) is 15.7 Å². The summed E-state index contributed by atoms with van der Waals surface area (Å²) in [5.74, 6) is 6.30. The molecule has 0 bridgehead atoms. The van der Waals surface area contributed by atoms with E-state index in [-0.39, 0.29) is 21.6 Å². The van der Waals surface area contributed by atoms with Crippen LogP contribution < -0.4 is 10.5 Å². The zero-order valence-electron chi connectivity index (χ0n) is 12.8. The Hall–Kier alpha value is -1.65. The van der Waals surface area contributed by atoms with Crippen LogP contribution in [0.15, 0.2) is 4.79 Å². The maximum absolute atomic E-state index is 12.5. The number of pyridine rings is 1. The van der Waals surface area contributed by atoms with E-state index in [0.717, 1.165) is 52.1 Å². The number of fused-ring (bicyclic) bond motifs is 1. The zero-order chi connectivity index (χ0) is 15.9. The van der Waals surface area contributed by atoms with E-state index < -0.39 is 0 Å². The number of nitrogens with zero attached hydrogens (tertiary/aromatic N) is 4.